The van der Waals surface area contributed by atoms with Crippen molar-refractivity contribution in [2.45, 2.75) is 25.7 Å². The highest BCUT2D eigenvalue weighted by atomic mass is 16.4. The lowest BCUT2D eigenvalue weighted by Gasteiger charge is -2.00. The van der Waals surface area contributed by atoms with Gasteiger partial charge in [-0.15, -0.1) is 0 Å². The highest BCUT2D eigenvalue weighted by Crippen LogP contribution is 2.11. The van der Waals surface area contributed by atoms with Crippen LogP contribution in [0.4, 0.5) is 0 Å². The molecule has 0 saturated heterocycles. The Kier molecular flexibility index (Phi) is 2.95. The summed E-state index contributed by atoms with van der Waals surface area (Å²) < 4.78 is 0. The summed E-state index contributed by atoms with van der Waals surface area (Å²) in [6, 6.07) is 5.52. The molecule has 16 heavy (non-hydrogen) atoms. The zero-order valence-corrected chi connectivity index (χ0v) is 8.94. The molecule has 2 N–H and O–H groups in total. The summed E-state index contributed by atoms with van der Waals surface area (Å²) >= 11 is 0. The lowest BCUT2D eigenvalue weighted by molar-refractivity contribution is -0.129. The highest BCUT2D eigenvalue weighted by Gasteiger charge is 2.08. The van der Waals surface area contributed by atoms with Gasteiger partial charge in [0.05, 0.1) is 0 Å². The number of carboxylic acids is 1. The predicted octanol–water partition coefficient (Wildman–Crippen LogP) is 0.944. The first-order chi connectivity index (χ1) is 7.68. The van der Waals surface area contributed by atoms with Gasteiger partial charge in [-0.3, -0.25) is 0 Å². The molecule has 0 saturated carbocycles. The van der Waals surface area contributed by atoms with Gasteiger partial charge in [0, 0.05) is 17.7 Å². The SMILES string of the molecule is O=C(O)C=c1cccc2c1=C(O)CCCC2. The Morgan fingerprint density at radius 1 is 1.25 bits per heavy atom. The number of aliphatic carboxylic acids is 1. The molecular formula is C13H14O3. The second kappa shape index (κ2) is 4.39. The Morgan fingerprint density at radius 3 is 2.75 bits per heavy atom. The van der Waals surface area contributed by atoms with E-state index < -0.39 is 5.97 Å². The van der Waals surface area contributed by atoms with Gasteiger partial charge in [0.2, 0.25) is 0 Å². The molecule has 0 heterocycles. The highest BCUT2D eigenvalue weighted by molar-refractivity contribution is 5.98. The van der Waals surface area contributed by atoms with E-state index in [1.165, 1.54) is 0 Å². The van der Waals surface area contributed by atoms with Crippen LogP contribution in [-0.4, -0.2) is 16.2 Å². The van der Waals surface area contributed by atoms with Gasteiger partial charge in [0.1, 0.15) is 5.76 Å². The third-order valence-electron chi connectivity index (χ3n) is 2.86. The fraction of sp³-hybridized carbons (Fsp3) is 0.308. The van der Waals surface area contributed by atoms with Crippen LogP contribution in [-0.2, 0) is 11.2 Å². The Hall–Kier alpha value is -1.77. The largest absolute Gasteiger partial charge is 0.512 e. The van der Waals surface area contributed by atoms with Crippen LogP contribution in [0.5, 0.6) is 0 Å². The van der Waals surface area contributed by atoms with Gasteiger partial charge in [-0.2, -0.15) is 0 Å². The van der Waals surface area contributed by atoms with E-state index in [2.05, 4.69) is 0 Å². The van der Waals surface area contributed by atoms with E-state index in [0.717, 1.165) is 36.1 Å². The van der Waals surface area contributed by atoms with Gasteiger partial charge in [-0.25, -0.2) is 4.79 Å². The Bertz CT molecular complexity index is 529. The van der Waals surface area contributed by atoms with E-state index in [0.29, 0.717) is 17.4 Å². The maximum atomic E-state index is 10.7. The van der Waals surface area contributed by atoms with Crippen molar-refractivity contribution in [2.75, 3.05) is 0 Å². The van der Waals surface area contributed by atoms with E-state index in [1.807, 2.05) is 12.1 Å². The van der Waals surface area contributed by atoms with E-state index in [9.17, 15) is 9.90 Å². The Balaban J connectivity index is 2.78. The lowest BCUT2D eigenvalue weighted by atomic mass is 10.1. The van der Waals surface area contributed by atoms with E-state index in [1.54, 1.807) is 6.07 Å². The van der Waals surface area contributed by atoms with Crippen LogP contribution in [0.3, 0.4) is 0 Å². The van der Waals surface area contributed by atoms with E-state index >= 15 is 0 Å². The molecule has 0 aromatic heterocycles. The second-order valence-electron chi connectivity index (χ2n) is 4.02. The molecule has 3 nitrogen and oxygen atoms in total. The normalized spacial score (nSPS) is 16.8. The van der Waals surface area contributed by atoms with Gasteiger partial charge < -0.3 is 10.2 Å². The minimum Gasteiger partial charge on any atom is -0.512 e. The zero-order chi connectivity index (χ0) is 11.5. The van der Waals surface area contributed by atoms with Crippen molar-refractivity contribution in [3.63, 3.8) is 0 Å². The van der Waals surface area contributed by atoms with Crippen LogP contribution in [0, 0.1) is 0 Å². The zero-order valence-electron chi connectivity index (χ0n) is 8.94. The predicted molar refractivity (Wildman–Crippen MR) is 61.4 cm³/mol. The van der Waals surface area contributed by atoms with Gasteiger partial charge >= 0.3 is 5.97 Å². The van der Waals surface area contributed by atoms with Gasteiger partial charge in [0.15, 0.2) is 0 Å². The quantitative estimate of drug-likeness (QED) is 0.737. The average Bonchev–Trinajstić information content (AvgIpc) is 2.41. The van der Waals surface area contributed by atoms with Crippen molar-refractivity contribution < 1.29 is 15.0 Å². The molecule has 0 aliphatic heterocycles. The van der Waals surface area contributed by atoms with Crippen molar-refractivity contribution in [1.29, 1.82) is 0 Å². The molecule has 0 radical (unpaired) electrons. The molecule has 1 aromatic rings. The molecule has 0 atom stereocenters. The van der Waals surface area contributed by atoms with Crippen LogP contribution >= 0.6 is 0 Å². The van der Waals surface area contributed by atoms with Crippen molar-refractivity contribution in [3.05, 3.63) is 34.2 Å². The number of hydrogen-bond acceptors (Lipinski definition) is 2. The summed E-state index contributed by atoms with van der Waals surface area (Å²) in [5.41, 5.74) is 1.05. The molecule has 1 aliphatic carbocycles. The summed E-state index contributed by atoms with van der Waals surface area (Å²) in [6.07, 6.45) is 4.68. The third kappa shape index (κ3) is 2.08. The molecule has 0 spiro atoms. The number of benzene rings is 1. The number of carbonyl (C=O) groups is 1. The number of rotatable bonds is 1. The monoisotopic (exact) mass is 218 g/mol. The third-order valence-corrected chi connectivity index (χ3v) is 2.86. The summed E-state index contributed by atoms with van der Waals surface area (Å²) in [5.74, 6) is -0.661. The summed E-state index contributed by atoms with van der Waals surface area (Å²) in [5, 5.41) is 20.0. The van der Waals surface area contributed by atoms with E-state index in [-0.39, 0.29) is 0 Å². The number of aliphatic hydroxyl groups excluding tert-OH is 1. The van der Waals surface area contributed by atoms with Crippen LogP contribution in [0.2, 0.25) is 0 Å². The van der Waals surface area contributed by atoms with Crippen LogP contribution in [0.15, 0.2) is 18.2 Å². The molecule has 0 unspecified atom stereocenters. The smallest absolute Gasteiger partial charge is 0.328 e. The van der Waals surface area contributed by atoms with Crippen LogP contribution in [0.25, 0.3) is 11.8 Å². The first kappa shape index (κ1) is 10.7. The standard InChI is InChI=1S/C13H14O3/c14-11-7-2-1-4-9-5-3-6-10(13(9)11)8-12(15)16/h3,5-6,8,14H,1-2,4,7H2,(H,15,16). The fourth-order valence-corrected chi connectivity index (χ4v) is 2.17. The molecule has 1 aliphatic rings. The summed E-state index contributed by atoms with van der Waals surface area (Å²) in [4.78, 5) is 10.7. The lowest BCUT2D eigenvalue weighted by Crippen LogP contribution is -2.31. The fourth-order valence-electron chi connectivity index (χ4n) is 2.17. The van der Waals surface area contributed by atoms with Crippen molar-refractivity contribution >= 4 is 17.8 Å². The van der Waals surface area contributed by atoms with Crippen LogP contribution < -0.4 is 10.4 Å². The Morgan fingerprint density at radius 2 is 2.00 bits per heavy atom. The summed E-state index contributed by atoms with van der Waals surface area (Å²) in [7, 11) is 0. The molecule has 0 amide bonds. The van der Waals surface area contributed by atoms with Gasteiger partial charge in [-0.1, -0.05) is 18.2 Å². The topological polar surface area (TPSA) is 57.5 Å². The number of aryl methyl sites for hydroxylation is 1. The number of fused-ring (bicyclic) bond motifs is 1. The molecule has 1 aromatic carbocycles. The average molecular weight is 218 g/mol. The van der Waals surface area contributed by atoms with Crippen molar-refractivity contribution in [1.82, 2.24) is 0 Å². The number of carboxylic acid groups (broad SMARTS) is 1. The first-order valence-electron chi connectivity index (χ1n) is 5.43. The molecule has 84 valence electrons. The molecular weight excluding hydrogens is 204 g/mol. The van der Waals surface area contributed by atoms with Gasteiger partial charge in [0.25, 0.3) is 0 Å². The van der Waals surface area contributed by atoms with Gasteiger partial charge in [-0.05, 0) is 30.0 Å². The molecule has 2 rings (SSSR count). The van der Waals surface area contributed by atoms with Crippen molar-refractivity contribution in [2.24, 2.45) is 0 Å². The molecule has 0 bridgehead atoms. The minimum atomic E-state index is -0.981. The molecule has 3 heteroatoms. The minimum absolute atomic E-state index is 0.320. The number of hydrogen-bond donors (Lipinski definition) is 2. The Labute approximate surface area is 93.4 Å². The van der Waals surface area contributed by atoms with Crippen LogP contribution in [0.1, 0.15) is 24.8 Å². The second-order valence-corrected chi connectivity index (χ2v) is 4.02. The summed E-state index contributed by atoms with van der Waals surface area (Å²) in [6.45, 7) is 0. The first-order valence-corrected chi connectivity index (χ1v) is 5.43. The van der Waals surface area contributed by atoms with E-state index in [4.69, 9.17) is 5.11 Å². The van der Waals surface area contributed by atoms with Crippen molar-refractivity contribution in [3.8, 4) is 0 Å². The maximum Gasteiger partial charge on any atom is 0.328 e. The molecule has 0 fully saturated rings. The maximum absolute atomic E-state index is 10.7. The number of aliphatic hydroxyl groups is 1.